The first kappa shape index (κ1) is 18.5. The third-order valence-electron chi connectivity index (χ3n) is 4.37. The van der Waals surface area contributed by atoms with E-state index in [0.717, 1.165) is 33.8 Å². The molecular weight excluding hydrogens is 396 g/mol. The van der Waals surface area contributed by atoms with Crippen molar-refractivity contribution in [2.75, 3.05) is 0 Å². The number of rotatable bonds is 5. The van der Waals surface area contributed by atoms with Crippen molar-refractivity contribution in [3.05, 3.63) is 68.6 Å². The molecule has 142 valence electrons. The molecule has 9 heteroatoms. The van der Waals surface area contributed by atoms with Crippen molar-refractivity contribution in [2.45, 2.75) is 24.8 Å². The van der Waals surface area contributed by atoms with Crippen LogP contribution in [-0.4, -0.2) is 30.8 Å². The van der Waals surface area contributed by atoms with Crippen molar-refractivity contribution in [1.82, 2.24) is 19.7 Å². The van der Waals surface area contributed by atoms with Crippen LogP contribution in [0.15, 0.2) is 46.3 Å². The standard InChI is InChI=1S/C19H16N4O3S2/c1-10-15-12(8-14(24)20-17(15)28-16(10)18(25)26)9-27-19-22-21-11(2)23(19)13-6-4-3-5-7-13/h3-8H,9H2,1-2H3,(H,20,24)(H,25,26). The fourth-order valence-electron chi connectivity index (χ4n) is 3.14. The minimum absolute atomic E-state index is 0.242. The lowest BCUT2D eigenvalue weighted by Crippen LogP contribution is -2.05. The van der Waals surface area contributed by atoms with Gasteiger partial charge in [0.2, 0.25) is 5.56 Å². The molecule has 1 aromatic carbocycles. The average Bonchev–Trinajstić information content (AvgIpc) is 3.20. The number of para-hydroxylation sites is 1. The Hall–Kier alpha value is -2.91. The Labute approximate surface area is 168 Å². The minimum atomic E-state index is -0.988. The number of aromatic nitrogens is 4. The second kappa shape index (κ2) is 7.25. The zero-order chi connectivity index (χ0) is 19.8. The lowest BCUT2D eigenvalue weighted by Gasteiger charge is -2.09. The molecule has 3 heterocycles. The molecular formula is C19H16N4O3S2. The topological polar surface area (TPSA) is 101 Å². The smallest absolute Gasteiger partial charge is 0.346 e. The van der Waals surface area contributed by atoms with E-state index in [9.17, 15) is 14.7 Å². The highest BCUT2D eigenvalue weighted by Crippen LogP contribution is 2.34. The average molecular weight is 412 g/mol. The van der Waals surface area contributed by atoms with E-state index >= 15 is 0 Å². The normalized spacial score (nSPS) is 11.2. The Morgan fingerprint density at radius 3 is 2.71 bits per heavy atom. The molecule has 3 aromatic heterocycles. The lowest BCUT2D eigenvalue weighted by molar-refractivity contribution is 0.0701. The highest BCUT2D eigenvalue weighted by atomic mass is 32.2. The first-order valence-electron chi connectivity index (χ1n) is 8.44. The Kier molecular flexibility index (Phi) is 4.78. The number of carboxylic acids is 1. The number of nitrogens with zero attached hydrogens (tertiary/aromatic N) is 3. The van der Waals surface area contributed by atoms with Gasteiger partial charge in [-0.25, -0.2) is 4.79 Å². The van der Waals surface area contributed by atoms with Crippen LogP contribution in [0.4, 0.5) is 0 Å². The summed E-state index contributed by atoms with van der Waals surface area (Å²) in [6.45, 7) is 3.66. The number of hydrogen-bond acceptors (Lipinski definition) is 6. The number of aryl methyl sites for hydroxylation is 2. The van der Waals surface area contributed by atoms with E-state index in [1.165, 1.54) is 17.8 Å². The molecule has 0 saturated heterocycles. The van der Waals surface area contributed by atoms with Crippen LogP contribution >= 0.6 is 23.1 Å². The van der Waals surface area contributed by atoms with Crippen LogP contribution in [0.25, 0.3) is 15.9 Å². The van der Waals surface area contributed by atoms with Crippen LogP contribution < -0.4 is 5.56 Å². The summed E-state index contributed by atoms with van der Waals surface area (Å²) in [5.41, 5.74) is 2.16. The van der Waals surface area contributed by atoms with Gasteiger partial charge >= 0.3 is 5.97 Å². The number of carbonyl (C=O) groups is 1. The number of carboxylic acid groups (broad SMARTS) is 1. The number of thiophene rings is 1. The summed E-state index contributed by atoms with van der Waals surface area (Å²) < 4.78 is 1.96. The number of aromatic carboxylic acids is 1. The molecule has 28 heavy (non-hydrogen) atoms. The van der Waals surface area contributed by atoms with Crippen LogP contribution in [0, 0.1) is 13.8 Å². The fraction of sp³-hybridized carbons (Fsp3) is 0.158. The van der Waals surface area contributed by atoms with Crippen molar-refractivity contribution in [3.63, 3.8) is 0 Å². The Morgan fingerprint density at radius 1 is 1.25 bits per heavy atom. The Morgan fingerprint density at radius 2 is 2.00 bits per heavy atom. The van der Waals surface area contributed by atoms with E-state index in [4.69, 9.17) is 0 Å². The van der Waals surface area contributed by atoms with E-state index in [1.54, 1.807) is 6.92 Å². The van der Waals surface area contributed by atoms with Crippen molar-refractivity contribution >= 4 is 39.3 Å². The summed E-state index contributed by atoms with van der Waals surface area (Å²) in [6, 6.07) is 11.3. The fourth-order valence-corrected chi connectivity index (χ4v) is 5.20. The Bertz CT molecular complexity index is 1240. The molecule has 0 aliphatic rings. The van der Waals surface area contributed by atoms with E-state index in [2.05, 4.69) is 15.2 Å². The molecule has 7 nitrogen and oxygen atoms in total. The zero-order valence-corrected chi connectivity index (χ0v) is 16.7. The van der Waals surface area contributed by atoms with Crippen molar-refractivity contribution in [1.29, 1.82) is 0 Å². The lowest BCUT2D eigenvalue weighted by atomic mass is 10.1. The highest BCUT2D eigenvalue weighted by Gasteiger charge is 2.19. The highest BCUT2D eigenvalue weighted by molar-refractivity contribution is 7.98. The summed E-state index contributed by atoms with van der Waals surface area (Å²) in [7, 11) is 0. The minimum Gasteiger partial charge on any atom is -0.477 e. The van der Waals surface area contributed by atoms with Crippen LogP contribution in [0.3, 0.4) is 0 Å². The second-order valence-electron chi connectivity index (χ2n) is 6.21. The predicted octanol–water partition coefficient (Wildman–Crippen LogP) is 3.78. The van der Waals surface area contributed by atoms with Gasteiger partial charge in [-0.1, -0.05) is 30.0 Å². The number of nitrogens with one attached hydrogen (secondary N) is 1. The van der Waals surface area contributed by atoms with Gasteiger partial charge in [0.25, 0.3) is 0 Å². The van der Waals surface area contributed by atoms with Crippen molar-refractivity contribution in [3.8, 4) is 5.69 Å². The molecule has 0 aliphatic heterocycles. The van der Waals surface area contributed by atoms with Gasteiger partial charge in [0.05, 0.1) is 0 Å². The van der Waals surface area contributed by atoms with Crippen LogP contribution in [0.5, 0.6) is 0 Å². The molecule has 0 saturated carbocycles. The van der Waals surface area contributed by atoms with Crippen molar-refractivity contribution in [2.24, 2.45) is 0 Å². The van der Waals surface area contributed by atoms with Gasteiger partial charge < -0.3 is 10.1 Å². The molecule has 0 radical (unpaired) electrons. The van der Waals surface area contributed by atoms with Crippen LogP contribution in [0.2, 0.25) is 0 Å². The molecule has 4 aromatic rings. The molecule has 0 spiro atoms. The number of H-pyrrole nitrogens is 1. The van der Waals surface area contributed by atoms with E-state index in [1.807, 2.05) is 41.8 Å². The van der Waals surface area contributed by atoms with E-state index < -0.39 is 5.97 Å². The summed E-state index contributed by atoms with van der Waals surface area (Å²) >= 11 is 2.55. The van der Waals surface area contributed by atoms with Crippen LogP contribution in [0.1, 0.15) is 26.6 Å². The maximum atomic E-state index is 12.1. The second-order valence-corrected chi connectivity index (χ2v) is 8.18. The molecule has 4 rings (SSSR count). The SMILES string of the molecule is Cc1c(C(=O)O)sc2[nH]c(=O)cc(CSc3nnc(C)n3-c3ccccc3)c12. The monoisotopic (exact) mass is 412 g/mol. The van der Waals surface area contributed by atoms with Gasteiger partial charge in [0.1, 0.15) is 15.5 Å². The van der Waals surface area contributed by atoms with Gasteiger partial charge in [-0.05, 0) is 37.1 Å². The third kappa shape index (κ3) is 3.23. The van der Waals surface area contributed by atoms with Gasteiger partial charge in [-0.15, -0.1) is 21.5 Å². The number of hydrogen-bond donors (Lipinski definition) is 2. The molecule has 0 amide bonds. The van der Waals surface area contributed by atoms with E-state index in [-0.39, 0.29) is 10.4 Å². The van der Waals surface area contributed by atoms with Crippen molar-refractivity contribution < 1.29 is 9.90 Å². The molecule has 0 aliphatic carbocycles. The molecule has 0 fully saturated rings. The summed E-state index contributed by atoms with van der Waals surface area (Å²) in [5.74, 6) is 0.254. The first-order chi connectivity index (χ1) is 13.5. The summed E-state index contributed by atoms with van der Waals surface area (Å²) in [5, 5.41) is 19.3. The predicted molar refractivity (Wildman–Crippen MR) is 110 cm³/mol. The molecule has 0 atom stereocenters. The molecule has 0 unspecified atom stereocenters. The largest absolute Gasteiger partial charge is 0.477 e. The van der Waals surface area contributed by atoms with Gasteiger partial charge in [0, 0.05) is 22.9 Å². The quantitative estimate of drug-likeness (QED) is 0.484. The maximum absolute atomic E-state index is 12.1. The summed E-state index contributed by atoms with van der Waals surface area (Å²) in [6.07, 6.45) is 0. The summed E-state index contributed by atoms with van der Waals surface area (Å²) in [4.78, 5) is 27.1. The van der Waals surface area contributed by atoms with Gasteiger partial charge in [-0.2, -0.15) is 0 Å². The molecule has 0 bridgehead atoms. The van der Waals surface area contributed by atoms with Gasteiger partial charge in [-0.3, -0.25) is 9.36 Å². The third-order valence-corrected chi connectivity index (χ3v) is 6.54. The number of pyridine rings is 1. The number of thioether (sulfide) groups is 1. The number of fused-ring (bicyclic) bond motifs is 1. The van der Waals surface area contributed by atoms with Crippen LogP contribution in [-0.2, 0) is 5.75 Å². The van der Waals surface area contributed by atoms with Gasteiger partial charge in [0.15, 0.2) is 5.16 Å². The maximum Gasteiger partial charge on any atom is 0.346 e. The first-order valence-corrected chi connectivity index (χ1v) is 10.2. The van der Waals surface area contributed by atoms with E-state index in [0.29, 0.717) is 21.3 Å². The zero-order valence-electron chi connectivity index (χ0n) is 15.1. The number of benzene rings is 1. The molecule has 2 N–H and O–H groups in total. The Balaban J connectivity index is 1.73. The number of aromatic amines is 1.